The lowest BCUT2D eigenvalue weighted by Gasteiger charge is -2.35. The molecule has 3 rings (SSSR count). The van der Waals surface area contributed by atoms with E-state index in [-0.39, 0.29) is 28.7 Å². The molecule has 1 atom stereocenters. The molecular formula is C22H25N3O6S. The molecule has 3 amide bonds. The second-order valence-electron chi connectivity index (χ2n) is 7.47. The summed E-state index contributed by atoms with van der Waals surface area (Å²) in [5.74, 6) is -0.981. The second-order valence-corrected chi connectivity index (χ2v) is 9.40. The van der Waals surface area contributed by atoms with Gasteiger partial charge >= 0.3 is 0 Å². The summed E-state index contributed by atoms with van der Waals surface area (Å²) >= 11 is 0. The van der Waals surface area contributed by atoms with Crippen molar-refractivity contribution in [1.29, 1.82) is 0 Å². The molecule has 10 heteroatoms. The number of amides is 3. The Balaban J connectivity index is 1.74. The fourth-order valence-corrected chi connectivity index (χ4v) is 4.64. The molecule has 2 aromatic carbocycles. The van der Waals surface area contributed by atoms with Gasteiger partial charge in [0.15, 0.2) is 0 Å². The van der Waals surface area contributed by atoms with E-state index in [1.807, 2.05) is 6.92 Å². The molecular weight excluding hydrogens is 434 g/mol. The van der Waals surface area contributed by atoms with E-state index in [9.17, 15) is 22.8 Å². The first-order valence-corrected chi connectivity index (χ1v) is 11.5. The predicted octanol–water partition coefficient (Wildman–Crippen LogP) is 2.21. The van der Waals surface area contributed by atoms with Crippen molar-refractivity contribution in [2.24, 2.45) is 0 Å². The highest BCUT2D eigenvalue weighted by atomic mass is 32.2. The summed E-state index contributed by atoms with van der Waals surface area (Å²) in [6.45, 7) is 1.90. The van der Waals surface area contributed by atoms with E-state index in [1.54, 1.807) is 24.3 Å². The van der Waals surface area contributed by atoms with E-state index in [0.717, 1.165) is 10.0 Å². The van der Waals surface area contributed by atoms with Crippen molar-refractivity contribution in [3.05, 3.63) is 59.7 Å². The Morgan fingerprint density at radius 3 is 2.28 bits per heavy atom. The SMILES string of the molecule is CCC1(c2ccc(NC(=O)c3ccc(S(=O)(=O)N(C)OC)cc3)cc2)CCC(=O)NC1=O. The lowest BCUT2D eigenvalue weighted by molar-refractivity contribution is -0.138. The van der Waals surface area contributed by atoms with Crippen LogP contribution < -0.4 is 10.6 Å². The van der Waals surface area contributed by atoms with Gasteiger partial charge in [-0.1, -0.05) is 23.5 Å². The zero-order chi connectivity index (χ0) is 23.5. The van der Waals surface area contributed by atoms with Gasteiger partial charge in [-0.05, 0) is 54.8 Å². The van der Waals surface area contributed by atoms with Gasteiger partial charge < -0.3 is 5.32 Å². The number of carbonyl (C=O) groups excluding carboxylic acids is 3. The van der Waals surface area contributed by atoms with E-state index in [0.29, 0.717) is 18.5 Å². The number of imide groups is 1. The van der Waals surface area contributed by atoms with Gasteiger partial charge in [-0.3, -0.25) is 24.5 Å². The lowest BCUT2D eigenvalue weighted by atomic mass is 9.72. The molecule has 170 valence electrons. The maximum Gasteiger partial charge on any atom is 0.264 e. The smallest absolute Gasteiger partial charge is 0.264 e. The molecule has 0 bridgehead atoms. The number of piperidine rings is 1. The number of benzene rings is 2. The van der Waals surface area contributed by atoms with Crippen LogP contribution in [-0.4, -0.2) is 44.8 Å². The average molecular weight is 460 g/mol. The van der Waals surface area contributed by atoms with Crippen molar-refractivity contribution < 1.29 is 27.6 Å². The highest BCUT2D eigenvalue weighted by molar-refractivity contribution is 7.89. The quantitative estimate of drug-likeness (QED) is 0.484. The number of carbonyl (C=O) groups is 3. The average Bonchev–Trinajstić information content (AvgIpc) is 2.79. The van der Waals surface area contributed by atoms with Crippen LogP contribution in [0.2, 0.25) is 0 Å². The van der Waals surface area contributed by atoms with E-state index in [2.05, 4.69) is 10.6 Å². The molecule has 1 fully saturated rings. The van der Waals surface area contributed by atoms with Crippen molar-refractivity contribution in [3.8, 4) is 0 Å². The van der Waals surface area contributed by atoms with Crippen molar-refractivity contribution >= 4 is 33.4 Å². The Bertz CT molecular complexity index is 1130. The first-order valence-electron chi connectivity index (χ1n) is 10.0. The summed E-state index contributed by atoms with van der Waals surface area (Å²) in [4.78, 5) is 41.3. The Morgan fingerprint density at radius 1 is 1.12 bits per heavy atom. The predicted molar refractivity (Wildman–Crippen MR) is 117 cm³/mol. The number of sulfonamides is 1. The minimum Gasteiger partial charge on any atom is -0.322 e. The molecule has 2 aromatic rings. The van der Waals surface area contributed by atoms with E-state index < -0.39 is 21.3 Å². The minimum absolute atomic E-state index is 0.00291. The maximum atomic E-state index is 12.6. The molecule has 1 heterocycles. The van der Waals surface area contributed by atoms with E-state index in [1.165, 1.54) is 38.4 Å². The molecule has 1 unspecified atom stereocenters. The molecule has 1 aliphatic heterocycles. The van der Waals surface area contributed by atoms with Crippen LogP contribution in [0.15, 0.2) is 53.4 Å². The van der Waals surface area contributed by atoms with Crippen LogP contribution in [-0.2, 0) is 29.9 Å². The summed E-state index contributed by atoms with van der Waals surface area (Å²) in [5, 5.41) is 5.16. The molecule has 32 heavy (non-hydrogen) atoms. The van der Waals surface area contributed by atoms with Gasteiger partial charge in [0.25, 0.3) is 15.9 Å². The molecule has 0 aromatic heterocycles. The monoisotopic (exact) mass is 459 g/mol. The summed E-state index contributed by atoms with van der Waals surface area (Å²) in [5.41, 5.74) is 0.809. The fraction of sp³-hybridized carbons (Fsp3) is 0.318. The molecule has 0 aliphatic carbocycles. The van der Waals surface area contributed by atoms with Crippen LogP contribution >= 0.6 is 0 Å². The van der Waals surface area contributed by atoms with Crippen LogP contribution in [0.4, 0.5) is 5.69 Å². The lowest BCUT2D eigenvalue weighted by Crippen LogP contribution is -2.51. The van der Waals surface area contributed by atoms with Gasteiger partial charge in [-0.15, -0.1) is 0 Å². The van der Waals surface area contributed by atoms with Gasteiger partial charge in [0.2, 0.25) is 11.8 Å². The van der Waals surface area contributed by atoms with Crippen LogP contribution in [0.25, 0.3) is 0 Å². The second kappa shape index (κ2) is 9.19. The Hall–Kier alpha value is -3.08. The number of nitrogens with one attached hydrogen (secondary N) is 2. The van der Waals surface area contributed by atoms with Crippen LogP contribution in [0.1, 0.15) is 42.1 Å². The van der Waals surface area contributed by atoms with Gasteiger partial charge in [0.05, 0.1) is 17.4 Å². The zero-order valence-electron chi connectivity index (χ0n) is 18.0. The minimum atomic E-state index is -3.80. The van der Waals surface area contributed by atoms with Gasteiger partial charge in [-0.2, -0.15) is 0 Å². The Kier molecular flexibility index (Phi) is 6.77. The van der Waals surface area contributed by atoms with Gasteiger partial charge in [-0.25, -0.2) is 8.42 Å². The molecule has 0 radical (unpaired) electrons. The highest BCUT2D eigenvalue weighted by Gasteiger charge is 2.42. The topological polar surface area (TPSA) is 122 Å². The maximum absolute atomic E-state index is 12.6. The van der Waals surface area contributed by atoms with E-state index in [4.69, 9.17) is 4.84 Å². The largest absolute Gasteiger partial charge is 0.322 e. The van der Waals surface area contributed by atoms with Crippen LogP contribution in [0.3, 0.4) is 0 Å². The number of hydrogen-bond donors (Lipinski definition) is 2. The summed E-state index contributed by atoms with van der Waals surface area (Å²) in [6, 6.07) is 12.4. The molecule has 0 saturated carbocycles. The Morgan fingerprint density at radius 2 is 1.75 bits per heavy atom. The third kappa shape index (κ3) is 4.43. The molecule has 2 N–H and O–H groups in total. The van der Waals surface area contributed by atoms with E-state index >= 15 is 0 Å². The zero-order valence-corrected chi connectivity index (χ0v) is 18.9. The number of hydroxylamine groups is 1. The van der Waals surface area contributed by atoms with Gasteiger partial charge in [0.1, 0.15) is 0 Å². The standard InChI is InChI=1S/C22H25N3O6S/c1-4-22(14-13-19(26)24-21(22)28)16-7-9-17(10-8-16)23-20(27)15-5-11-18(12-6-15)32(29,30)25(2)31-3/h5-12H,4,13-14H2,1-3H3,(H,23,27)(H,24,26,28). The molecule has 1 saturated heterocycles. The normalized spacial score (nSPS) is 19.0. The fourth-order valence-electron chi connectivity index (χ4n) is 3.67. The number of rotatable bonds is 7. The van der Waals surface area contributed by atoms with Gasteiger partial charge in [0, 0.05) is 24.7 Å². The Labute approximate surface area is 186 Å². The van der Waals surface area contributed by atoms with Crippen LogP contribution in [0.5, 0.6) is 0 Å². The molecule has 9 nitrogen and oxygen atoms in total. The number of anilines is 1. The first-order chi connectivity index (χ1) is 15.1. The van der Waals surface area contributed by atoms with Crippen molar-refractivity contribution in [1.82, 2.24) is 9.79 Å². The first kappa shape index (κ1) is 23.6. The summed E-state index contributed by atoms with van der Waals surface area (Å²) in [6.07, 6.45) is 1.27. The molecule has 1 aliphatic rings. The van der Waals surface area contributed by atoms with Crippen molar-refractivity contribution in [2.45, 2.75) is 36.5 Å². The molecule has 0 spiro atoms. The van der Waals surface area contributed by atoms with Crippen molar-refractivity contribution in [3.63, 3.8) is 0 Å². The third-order valence-corrected chi connectivity index (χ3v) is 7.47. The van der Waals surface area contributed by atoms with Crippen LogP contribution in [0, 0.1) is 0 Å². The third-order valence-electron chi connectivity index (χ3n) is 5.78. The number of nitrogens with zero attached hydrogens (tertiary/aromatic N) is 1. The number of hydrogen-bond acceptors (Lipinski definition) is 6. The summed E-state index contributed by atoms with van der Waals surface area (Å²) < 4.78 is 25.2. The highest BCUT2D eigenvalue weighted by Crippen LogP contribution is 2.36. The van der Waals surface area contributed by atoms with Crippen molar-refractivity contribution in [2.75, 3.05) is 19.5 Å². The summed E-state index contributed by atoms with van der Waals surface area (Å²) in [7, 11) is -1.28.